The van der Waals surface area contributed by atoms with Gasteiger partial charge in [-0.05, 0) is 11.8 Å². The van der Waals surface area contributed by atoms with E-state index in [1.807, 2.05) is 0 Å². The number of halogens is 2. The Bertz CT molecular complexity index is 1740. The van der Waals surface area contributed by atoms with Crippen LogP contribution < -0.4 is 17.0 Å². The van der Waals surface area contributed by atoms with Crippen LogP contribution in [0.4, 0.5) is 20.5 Å². The fourth-order valence-electron chi connectivity index (χ4n) is 4.78. The molecule has 0 aliphatic carbocycles. The molecular weight excluding hydrogens is 609 g/mol. The summed E-state index contributed by atoms with van der Waals surface area (Å²) in [6.45, 7) is -5.77. The zero-order chi connectivity index (χ0) is 29.9. The van der Waals surface area contributed by atoms with Gasteiger partial charge in [-0.15, -0.1) is 0 Å². The van der Waals surface area contributed by atoms with Crippen molar-refractivity contribution in [3.63, 3.8) is 0 Å². The van der Waals surface area contributed by atoms with Crippen molar-refractivity contribution in [3.8, 4) is 0 Å². The average molecular weight is 633 g/mol. The van der Waals surface area contributed by atoms with Gasteiger partial charge in [0.05, 0.1) is 25.9 Å². The zero-order valence-corrected chi connectivity index (χ0v) is 22.8. The van der Waals surface area contributed by atoms with Crippen molar-refractivity contribution >= 4 is 52.6 Å². The standard InChI is InChI=1S/C20H23F2N10O8PS/c21-8-6(1-33)38-19(32-5-28-11-16(32)29-20(24)30-17(11)35)13(8)40-41(36,42)37-2-7-12(34)9(22)18(39-7)31-4-27-10-14(23)25-3-26-15(10)31/h3-9,12-13,18-19,33-34H,1-2H2,(H,36,42)(H2,23,25,26)(H3,24,29,30,35)/t6-,7?,8-,9+,12-,13-,18-,19-,41?/m1/s1. The molecule has 4 aromatic rings. The summed E-state index contributed by atoms with van der Waals surface area (Å²) in [5.41, 5.74) is 10.8. The summed E-state index contributed by atoms with van der Waals surface area (Å²) in [6, 6.07) is 0. The molecule has 2 saturated heterocycles. The first-order valence-electron chi connectivity index (χ1n) is 12.2. The normalized spacial score (nSPS) is 31.3. The molecule has 2 fully saturated rings. The van der Waals surface area contributed by atoms with Crippen LogP contribution >= 0.6 is 6.72 Å². The van der Waals surface area contributed by atoms with Gasteiger partial charge in [-0.25, -0.2) is 28.7 Å². The molecular formula is C20H23F2N10O8PS. The summed E-state index contributed by atoms with van der Waals surface area (Å²) in [7, 11) is 0. The number of nitrogens with two attached hydrogens (primary N) is 2. The Kier molecular flexibility index (Phi) is 7.40. The van der Waals surface area contributed by atoms with Crippen molar-refractivity contribution in [3.05, 3.63) is 29.3 Å². The number of aliphatic hydroxyl groups is 2. The summed E-state index contributed by atoms with van der Waals surface area (Å²) < 4.78 is 54.7. The lowest BCUT2D eigenvalue weighted by Crippen LogP contribution is -2.33. The number of ether oxygens (including phenoxy) is 2. The van der Waals surface area contributed by atoms with E-state index in [2.05, 4.69) is 29.9 Å². The molecule has 6 rings (SSSR count). The third kappa shape index (κ3) is 4.91. The van der Waals surface area contributed by atoms with Gasteiger partial charge in [0.15, 0.2) is 47.4 Å². The smallest absolute Gasteiger partial charge is 0.325 e. The van der Waals surface area contributed by atoms with Crippen molar-refractivity contribution < 1.29 is 42.4 Å². The van der Waals surface area contributed by atoms with Gasteiger partial charge in [0.25, 0.3) is 5.56 Å². The van der Waals surface area contributed by atoms with Gasteiger partial charge in [-0.3, -0.25) is 23.4 Å². The van der Waals surface area contributed by atoms with Crippen molar-refractivity contribution in [2.24, 2.45) is 0 Å². The molecule has 2 aliphatic heterocycles. The lowest BCUT2D eigenvalue weighted by atomic mass is 10.1. The topological polar surface area (TPSA) is 257 Å². The van der Waals surface area contributed by atoms with Gasteiger partial charge in [-0.2, -0.15) is 4.98 Å². The highest BCUT2D eigenvalue weighted by Gasteiger charge is 2.51. The van der Waals surface area contributed by atoms with E-state index in [9.17, 15) is 19.9 Å². The predicted octanol–water partition coefficient (Wildman–Crippen LogP) is -1.43. The van der Waals surface area contributed by atoms with Crippen molar-refractivity contribution in [2.45, 2.75) is 49.2 Å². The number of rotatable bonds is 8. The molecule has 0 spiro atoms. The van der Waals surface area contributed by atoms with E-state index in [1.165, 1.54) is 10.9 Å². The highest BCUT2D eigenvalue weighted by molar-refractivity contribution is 8.07. The van der Waals surface area contributed by atoms with E-state index in [1.54, 1.807) is 0 Å². The molecule has 0 saturated carbocycles. The molecule has 0 radical (unpaired) electrons. The molecule has 8 N–H and O–H groups in total. The van der Waals surface area contributed by atoms with E-state index in [-0.39, 0.29) is 34.1 Å². The minimum Gasteiger partial charge on any atom is -0.394 e. The number of H-pyrrole nitrogens is 1. The molecule has 4 aromatic heterocycles. The SMILES string of the molecule is Nc1nc2c(ncn2[C@@H]2O[C@H](CO)[C@@H](F)[C@H]2OP(O)(=S)OCC2O[C@@H](n3cnc4c(N)ncnc43)[C@@H](F)[C@@H]2O)c(=O)[nH]1. The second-order valence-corrected chi connectivity index (χ2v) is 12.2. The first-order valence-corrected chi connectivity index (χ1v) is 14.8. The van der Waals surface area contributed by atoms with E-state index in [0.29, 0.717) is 0 Å². The van der Waals surface area contributed by atoms with Crippen molar-refractivity contribution in [1.29, 1.82) is 0 Å². The number of aromatic nitrogens is 8. The maximum absolute atomic E-state index is 15.3. The molecule has 9 atom stereocenters. The number of hydrogen-bond donors (Lipinski definition) is 6. The first-order chi connectivity index (χ1) is 20.0. The zero-order valence-electron chi connectivity index (χ0n) is 21.0. The molecule has 2 aliphatic rings. The molecule has 0 amide bonds. The van der Waals surface area contributed by atoms with Crippen molar-refractivity contribution in [1.82, 2.24) is 39.0 Å². The molecule has 226 valence electrons. The number of nitrogens with zero attached hydrogens (tertiary/aromatic N) is 7. The van der Waals surface area contributed by atoms with Gasteiger partial charge < -0.3 is 40.6 Å². The second kappa shape index (κ2) is 10.8. The van der Waals surface area contributed by atoms with Crippen LogP contribution in [0.15, 0.2) is 23.8 Å². The van der Waals surface area contributed by atoms with Crippen LogP contribution in [0.25, 0.3) is 22.3 Å². The van der Waals surface area contributed by atoms with Crippen LogP contribution in [-0.2, 0) is 30.3 Å². The minimum absolute atomic E-state index is 0.0595. The fourth-order valence-corrected chi connectivity index (χ4v) is 6.19. The van der Waals surface area contributed by atoms with E-state index in [0.717, 1.165) is 17.2 Å². The van der Waals surface area contributed by atoms with E-state index in [4.69, 9.17) is 41.8 Å². The number of nitrogens with one attached hydrogen (secondary N) is 1. The van der Waals surface area contributed by atoms with E-state index < -0.39 is 74.7 Å². The Labute approximate surface area is 237 Å². The monoisotopic (exact) mass is 632 g/mol. The third-order valence-corrected chi connectivity index (χ3v) is 8.34. The number of aromatic amines is 1. The largest absolute Gasteiger partial charge is 0.394 e. The third-order valence-electron chi connectivity index (χ3n) is 6.78. The summed E-state index contributed by atoms with van der Waals surface area (Å²) in [6.07, 6.45) is -9.52. The van der Waals surface area contributed by atoms with Gasteiger partial charge >= 0.3 is 6.72 Å². The van der Waals surface area contributed by atoms with Gasteiger partial charge in [0.1, 0.15) is 36.3 Å². The van der Waals surface area contributed by atoms with Crippen LogP contribution in [-0.4, -0.2) is 104 Å². The Morgan fingerprint density at radius 2 is 1.74 bits per heavy atom. The average Bonchev–Trinajstić information content (AvgIpc) is 3.69. The number of hydrogen-bond acceptors (Lipinski definition) is 15. The molecule has 18 nitrogen and oxygen atoms in total. The molecule has 2 unspecified atom stereocenters. The minimum atomic E-state index is -4.34. The molecule has 22 heteroatoms. The van der Waals surface area contributed by atoms with Gasteiger partial charge in [0.2, 0.25) is 5.95 Å². The summed E-state index contributed by atoms with van der Waals surface area (Å²) in [5.74, 6) is -0.195. The summed E-state index contributed by atoms with van der Waals surface area (Å²) >= 11 is 5.06. The highest BCUT2D eigenvalue weighted by atomic mass is 32.5. The highest BCUT2D eigenvalue weighted by Crippen LogP contribution is 2.51. The quantitative estimate of drug-likeness (QED) is 0.122. The maximum Gasteiger partial charge on any atom is 0.325 e. The Morgan fingerprint density at radius 1 is 1.05 bits per heavy atom. The van der Waals surface area contributed by atoms with Gasteiger partial charge in [-0.1, -0.05) is 0 Å². The molecule has 6 heterocycles. The number of imidazole rings is 2. The lowest BCUT2D eigenvalue weighted by Gasteiger charge is -2.26. The fraction of sp³-hybridized carbons (Fsp3) is 0.500. The molecule has 0 aromatic carbocycles. The number of anilines is 2. The summed E-state index contributed by atoms with van der Waals surface area (Å²) in [4.78, 5) is 45.1. The van der Waals surface area contributed by atoms with Gasteiger partial charge in [0, 0.05) is 0 Å². The molecule has 42 heavy (non-hydrogen) atoms. The first kappa shape index (κ1) is 28.8. The van der Waals surface area contributed by atoms with Crippen molar-refractivity contribution in [2.75, 3.05) is 24.7 Å². The van der Waals surface area contributed by atoms with Crippen LogP contribution in [0.3, 0.4) is 0 Å². The number of alkyl halides is 2. The van der Waals surface area contributed by atoms with Crippen LogP contribution in [0.2, 0.25) is 0 Å². The Balaban J connectivity index is 1.19. The second-order valence-electron chi connectivity index (χ2n) is 9.38. The predicted molar refractivity (Wildman–Crippen MR) is 140 cm³/mol. The number of nitrogen functional groups attached to an aromatic ring is 2. The lowest BCUT2D eigenvalue weighted by molar-refractivity contribution is -0.0553. The van der Waals surface area contributed by atoms with Crippen LogP contribution in [0.5, 0.6) is 0 Å². The molecule has 0 bridgehead atoms. The van der Waals surface area contributed by atoms with Crippen LogP contribution in [0, 0.1) is 0 Å². The Hall–Kier alpha value is -3.27. The maximum atomic E-state index is 15.3. The Morgan fingerprint density at radius 3 is 2.48 bits per heavy atom. The number of aliphatic hydroxyl groups excluding tert-OH is 2. The van der Waals surface area contributed by atoms with E-state index >= 15 is 8.78 Å². The number of fused-ring (bicyclic) bond motifs is 2. The summed E-state index contributed by atoms with van der Waals surface area (Å²) in [5, 5.41) is 20.1. The van der Waals surface area contributed by atoms with Crippen LogP contribution in [0.1, 0.15) is 12.5 Å².